The molecule has 2 unspecified atom stereocenters. The van der Waals surface area contributed by atoms with E-state index in [1.807, 2.05) is 27.7 Å². The third-order valence-corrected chi connectivity index (χ3v) is 3.74. The minimum absolute atomic E-state index is 0.0702. The van der Waals surface area contributed by atoms with Gasteiger partial charge in [-0.2, -0.15) is 0 Å². The zero-order chi connectivity index (χ0) is 13.7. The molecule has 0 radical (unpaired) electrons. The molecule has 0 spiro atoms. The van der Waals surface area contributed by atoms with Crippen molar-refractivity contribution >= 4 is 11.6 Å². The second-order valence-electron chi connectivity index (χ2n) is 5.74. The molecule has 0 rings (SSSR count). The van der Waals surface area contributed by atoms with Crippen molar-refractivity contribution in [2.24, 2.45) is 23.7 Å². The van der Waals surface area contributed by atoms with Crippen molar-refractivity contribution in [1.29, 1.82) is 0 Å². The van der Waals surface area contributed by atoms with Crippen LogP contribution < -0.4 is 0 Å². The fraction of sp³-hybridized carbons (Fsp3) is 0.733. The first-order valence-electron chi connectivity index (χ1n) is 6.44. The Kier molecular flexibility index (Phi) is 6.36. The summed E-state index contributed by atoms with van der Waals surface area (Å²) in [4.78, 5) is 23.7. The van der Waals surface area contributed by atoms with Gasteiger partial charge in [-0.1, -0.05) is 48.1 Å². The van der Waals surface area contributed by atoms with Crippen LogP contribution in [0.5, 0.6) is 0 Å². The predicted molar refractivity (Wildman–Crippen MR) is 71.8 cm³/mol. The van der Waals surface area contributed by atoms with Crippen molar-refractivity contribution < 1.29 is 9.59 Å². The van der Waals surface area contributed by atoms with E-state index in [4.69, 9.17) is 0 Å². The molecule has 0 aliphatic rings. The van der Waals surface area contributed by atoms with Gasteiger partial charge in [-0.3, -0.25) is 9.59 Å². The lowest BCUT2D eigenvalue weighted by atomic mass is 9.85. The van der Waals surface area contributed by atoms with Crippen molar-refractivity contribution in [2.45, 2.75) is 48.0 Å². The van der Waals surface area contributed by atoms with Gasteiger partial charge in [-0.05, 0) is 29.2 Å². The lowest BCUT2D eigenvalue weighted by Gasteiger charge is -2.18. The summed E-state index contributed by atoms with van der Waals surface area (Å²) < 4.78 is 0. The van der Waals surface area contributed by atoms with Gasteiger partial charge >= 0.3 is 0 Å². The van der Waals surface area contributed by atoms with E-state index in [0.29, 0.717) is 23.8 Å². The van der Waals surface area contributed by atoms with Crippen LogP contribution in [0.4, 0.5) is 0 Å². The average Bonchev–Trinajstić information content (AvgIpc) is 2.25. The largest absolute Gasteiger partial charge is 0.290 e. The van der Waals surface area contributed by atoms with Crippen LogP contribution in [-0.2, 0) is 9.59 Å². The second kappa shape index (κ2) is 6.73. The van der Waals surface area contributed by atoms with Crippen molar-refractivity contribution in [2.75, 3.05) is 0 Å². The quantitative estimate of drug-likeness (QED) is 0.501. The molecule has 0 amide bonds. The molecule has 0 heterocycles. The number of hydrogen-bond donors (Lipinski definition) is 0. The fourth-order valence-electron chi connectivity index (χ4n) is 1.41. The summed E-state index contributed by atoms with van der Waals surface area (Å²) in [7, 11) is 0. The van der Waals surface area contributed by atoms with Crippen LogP contribution >= 0.6 is 0 Å². The third-order valence-electron chi connectivity index (χ3n) is 3.74. The molecule has 0 bridgehead atoms. The molecule has 2 nitrogen and oxygen atoms in total. The van der Waals surface area contributed by atoms with Crippen molar-refractivity contribution in [1.82, 2.24) is 0 Å². The minimum Gasteiger partial charge on any atom is -0.290 e. The molecule has 0 N–H and O–H groups in total. The highest BCUT2D eigenvalue weighted by atomic mass is 16.2. The van der Waals surface area contributed by atoms with E-state index >= 15 is 0 Å². The molecular weight excluding hydrogens is 212 g/mol. The summed E-state index contributed by atoms with van der Waals surface area (Å²) in [6.45, 7) is 15.9. The third kappa shape index (κ3) is 4.84. The molecular formula is C15H26O2. The summed E-state index contributed by atoms with van der Waals surface area (Å²) in [5.74, 6) is 0.404. The van der Waals surface area contributed by atoms with Gasteiger partial charge in [0.1, 0.15) is 0 Å². The van der Waals surface area contributed by atoms with Gasteiger partial charge in [0.25, 0.3) is 0 Å². The van der Waals surface area contributed by atoms with Crippen molar-refractivity contribution in [3.8, 4) is 0 Å². The predicted octanol–water partition coefficient (Wildman–Crippen LogP) is 3.66. The number of rotatable bonds is 7. The zero-order valence-corrected chi connectivity index (χ0v) is 12.0. The molecule has 0 fully saturated rings. The number of Topliss-reactive ketones (excluding diaryl/α,β-unsaturated/α-hetero) is 2. The highest BCUT2D eigenvalue weighted by molar-refractivity contribution is 6.43. The first-order valence-corrected chi connectivity index (χ1v) is 6.44. The maximum atomic E-state index is 11.9. The Morgan fingerprint density at radius 2 is 1.41 bits per heavy atom. The summed E-state index contributed by atoms with van der Waals surface area (Å²) in [6.07, 6.45) is 0.334. The molecule has 0 aromatic heterocycles. The molecule has 2 atom stereocenters. The lowest BCUT2D eigenvalue weighted by molar-refractivity contribution is -0.135. The first kappa shape index (κ1) is 16.1. The van der Waals surface area contributed by atoms with Crippen molar-refractivity contribution in [3.05, 3.63) is 12.2 Å². The lowest BCUT2D eigenvalue weighted by Crippen LogP contribution is -2.24. The van der Waals surface area contributed by atoms with E-state index in [1.165, 1.54) is 0 Å². The standard InChI is InChI=1S/C15H26O2/c1-9(2)11(5)8-14(16)15(17)13(7)12(6)10(3)4/h9-12H,7-8H2,1-6H3. The van der Waals surface area contributed by atoms with Crippen LogP contribution in [0.3, 0.4) is 0 Å². The number of carbonyl (C=O) groups is 2. The van der Waals surface area contributed by atoms with Crippen LogP contribution in [0.1, 0.15) is 48.0 Å². The molecule has 0 saturated carbocycles. The molecule has 0 saturated heterocycles. The molecule has 2 heteroatoms. The molecule has 0 aliphatic carbocycles. The van der Waals surface area contributed by atoms with Crippen LogP contribution in [0.15, 0.2) is 12.2 Å². The normalized spacial score (nSPS) is 14.8. The molecule has 0 aromatic rings. The van der Waals surface area contributed by atoms with Crippen LogP contribution in [0.25, 0.3) is 0 Å². The monoisotopic (exact) mass is 238 g/mol. The molecule has 0 aromatic carbocycles. The summed E-state index contributed by atoms with van der Waals surface area (Å²) in [5.41, 5.74) is 0.459. The average molecular weight is 238 g/mol. The van der Waals surface area contributed by atoms with Crippen molar-refractivity contribution in [3.63, 3.8) is 0 Å². The van der Waals surface area contributed by atoms with Gasteiger partial charge in [0.15, 0.2) is 0 Å². The van der Waals surface area contributed by atoms with Gasteiger partial charge in [-0.15, -0.1) is 0 Å². The van der Waals surface area contributed by atoms with E-state index in [1.54, 1.807) is 0 Å². The first-order chi connectivity index (χ1) is 7.68. The van der Waals surface area contributed by atoms with Gasteiger partial charge < -0.3 is 0 Å². The summed E-state index contributed by atoms with van der Waals surface area (Å²) >= 11 is 0. The van der Waals surface area contributed by atoms with E-state index < -0.39 is 0 Å². The molecule has 0 aliphatic heterocycles. The highest BCUT2D eigenvalue weighted by Crippen LogP contribution is 2.21. The maximum Gasteiger partial charge on any atom is 0.224 e. The Balaban J connectivity index is 4.51. The van der Waals surface area contributed by atoms with Crippen LogP contribution in [0.2, 0.25) is 0 Å². The number of allylic oxidation sites excluding steroid dienone is 1. The van der Waals surface area contributed by atoms with E-state index in [-0.39, 0.29) is 23.4 Å². The fourth-order valence-corrected chi connectivity index (χ4v) is 1.41. The van der Waals surface area contributed by atoms with E-state index in [9.17, 15) is 9.59 Å². The molecule has 98 valence electrons. The number of ketones is 2. The summed E-state index contributed by atoms with van der Waals surface area (Å²) in [5, 5.41) is 0. The second-order valence-corrected chi connectivity index (χ2v) is 5.74. The maximum absolute atomic E-state index is 11.9. The topological polar surface area (TPSA) is 34.1 Å². The Morgan fingerprint density at radius 1 is 0.941 bits per heavy atom. The Bertz CT molecular complexity index is 300. The van der Waals surface area contributed by atoms with Gasteiger partial charge in [-0.25, -0.2) is 0 Å². The van der Waals surface area contributed by atoms with E-state index in [0.717, 1.165) is 0 Å². The van der Waals surface area contributed by atoms with Gasteiger partial charge in [0.2, 0.25) is 11.6 Å². The SMILES string of the molecule is C=C(C(=O)C(=O)CC(C)C(C)C)C(C)C(C)C. The minimum atomic E-state index is -0.376. The highest BCUT2D eigenvalue weighted by Gasteiger charge is 2.25. The Morgan fingerprint density at radius 3 is 1.76 bits per heavy atom. The smallest absolute Gasteiger partial charge is 0.224 e. The van der Waals surface area contributed by atoms with E-state index in [2.05, 4.69) is 20.4 Å². The molecule has 17 heavy (non-hydrogen) atoms. The Labute approximate surface area is 105 Å². The summed E-state index contributed by atoms with van der Waals surface area (Å²) in [6, 6.07) is 0. The Hall–Kier alpha value is -0.920. The van der Waals surface area contributed by atoms with Gasteiger partial charge in [0, 0.05) is 6.42 Å². The number of carbonyl (C=O) groups excluding carboxylic acids is 2. The number of hydrogen-bond acceptors (Lipinski definition) is 2. The zero-order valence-electron chi connectivity index (χ0n) is 12.0. The van der Waals surface area contributed by atoms with Crippen LogP contribution in [0, 0.1) is 23.7 Å². The van der Waals surface area contributed by atoms with Crippen LogP contribution in [-0.4, -0.2) is 11.6 Å². The van der Waals surface area contributed by atoms with Gasteiger partial charge in [0.05, 0.1) is 0 Å².